The number of hydrogen-bond donors (Lipinski definition) is 2. The number of aliphatic carboxylic acids is 1. The Bertz CT molecular complexity index is 487. The van der Waals surface area contributed by atoms with Crippen molar-refractivity contribution < 1.29 is 9.90 Å². The molecule has 0 spiro atoms. The topological polar surface area (TPSA) is 52.6 Å². The van der Waals surface area contributed by atoms with Gasteiger partial charge in [-0.3, -0.25) is 10.2 Å². The normalized spacial score (nSPS) is 21.1. The van der Waals surface area contributed by atoms with Gasteiger partial charge in [0.1, 0.15) is 0 Å². The van der Waals surface area contributed by atoms with E-state index in [0.29, 0.717) is 13.1 Å². The number of carboxylic acid groups (broad SMARTS) is 1. The summed E-state index contributed by atoms with van der Waals surface area (Å²) in [4.78, 5) is 14.4. The zero-order chi connectivity index (χ0) is 15.5. The molecule has 1 atom stereocenters. The lowest BCUT2D eigenvalue weighted by Crippen LogP contribution is -2.58. The molecular formula is C17H26N2O2. The number of rotatable bonds is 6. The van der Waals surface area contributed by atoms with Crippen LogP contribution in [0.1, 0.15) is 39.2 Å². The average Bonchev–Trinajstić information content (AvgIpc) is 2.78. The molecule has 1 fully saturated rings. The highest BCUT2D eigenvalue weighted by molar-refractivity contribution is 5.81. The molecule has 21 heavy (non-hydrogen) atoms. The lowest BCUT2D eigenvalue weighted by molar-refractivity contribution is -0.146. The van der Waals surface area contributed by atoms with Gasteiger partial charge in [-0.2, -0.15) is 0 Å². The highest BCUT2D eigenvalue weighted by atomic mass is 16.4. The fourth-order valence-electron chi connectivity index (χ4n) is 3.28. The number of hydrogen-bond acceptors (Lipinski definition) is 3. The number of nitrogens with one attached hydrogen (secondary N) is 1. The molecule has 1 saturated heterocycles. The molecule has 0 radical (unpaired) electrons. The molecular weight excluding hydrogens is 264 g/mol. The fourth-order valence-corrected chi connectivity index (χ4v) is 3.28. The van der Waals surface area contributed by atoms with Crippen molar-refractivity contribution in [2.75, 3.05) is 19.6 Å². The molecule has 4 heteroatoms. The SMILES string of the molecule is CCNC(CN1CCCC1(C)C)(C(=O)O)c1ccccc1. The third-order valence-corrected chi connectivity index (χ3v) is 4.61. The van der Waals surface area contributed by atoms with Crippen molar-refractivity contribution in [3.05, 3.63) is 35.9 Å². The second-order valence-electron chi connectivity index (χ2n) is 6.44. The Hall–Kier alpha value is -1.39. The minimum Gasteiger partial charge on any atom is -0.480 e. The van der Waals surface area contributed by atoms with E-state index < -0.39 is 11.5 Å². The minimum atomic E-state index is -1.04. The van der Waals surface area contributed by atoms with Crippen LogP contribution in [0, 0.1) is 0 Å². The van der Waals surface area contributed by atoms with Gasteiger partial charge in [0.2, 0.25) is 0 Å². The Labute approximate surface area is 127 Å². The van der Waals surface area contributed by atoms with Gasteiger partial charge < -0.3 is 5.11 Å². The van der Waals surface area contributed by atoms with E-state index in [4.69, 9.17) is 0 Å². The van der Waals surface area contributed by atoms with Crippen LogP contribution >= 0.6 is 0 Å². The predicted molar refractivity (Wildman–Crippen MR) is 84.3 cm³/mol. The smallest absolute Gasteiger partial charge is 0.329 e. The van der Waals surface area contributed by atoms with E-state index in [9.17, 15) is 9.90 Å². The van der Waals surface area contributed by atoms with Crippen molar-refractivity contribution in [3.63, 3.8) is 0 Å². The van der Waals surface area contributed by atoms with Crippen molar-refractivity contribution >= 4 is 5.97 Å². The van der Waals surface area contributed by atoms with Crippen LogP contribution in [-0.2, 0) is 10.3 Å². The summed E-state index contributed by atoms with van der Waals surface area (Å²) in [6.45, 7) is 8.42. The van der Waals surface area contributed by atoms with E-state index in [-0.39, 0.29) is 5.54 Å². The zero-order valence-electron chi connectivity index (χ0n) is 13.2. The molecule has 116 valence electrons. The molecule has 1 aliphatic rings. The molecule has 1 heterocycles. The summed E-state index contributed by atoms with van der Waals surface area (Å²) in [5.41, 5.74) is -0.162. The quantitative estimate of drug-likeness (QED) is 0.845. The van der Waals surface area contributed by atoms with Gasteiger partial charge in [0.25, 0.3) is 0 Å². The van der Waals surface area contributed by atoms with Gasteiger partial charge in [-0.1, -0.05) is 37.3 Å². The summed E-state index contributed by atoms with van der Waals surface area (Å²) in [6, 6.07) is 9.53. The second-order valence-corrected chi connectivity index (χ2v) is 6.44. The summed E-state index contributed by atoms with van der Waals surface area (Å²) in [6.07, 6.45) is 2.24. The van der Waals surface area contributed by atoms with Crippen LogP contribution in [0.15, 0.2) is 30.3 Å². The molecule has 4 nitrogen and oxygen atoms in total. The maximum Gasteiger partial charge on any atom is 0.329 e. The van der Waals surface area contributed by atoms with Gasteiger partial charge in [0.15, 0.2) is 5.54 Å². The summed E-state index contributed by atoms with van der Waals surface area (Å²) >= 11 is 0. The van der Waals surface area contributed by atoms with E-state index >= 15 is 0 Å². The third-order valence-electron chi connectivity index (χ3n) is 4.61. The first kappa shape index (κ1) is 16.0. The van der Waals surface area contributed by atoms with Crippen LogP contribution in [0.5, 0.6) is 0 Å². The van der Waals surface area contributed by atoms with Crippen molar-refractivity contribution in [2.45, 2.75) is 44.7 Å². The number of carboxylic acids is 1. The van der Waals surface area contributed by atoms with Crippen LogP contribution in [0.2, 0.25) is 0 Å². The summed E-state index contributed by atoms with van der Waals surface area (Å²) in [7, 11) is 0. The largest absolute Gasteiger partial charge is 0.480 e. The number of nitrogens with zero attached hydrogens (tertiary/aromatic N) is 1. The monoisotopic (exact) mass is 290 g/mol. The van der Waals surface area contributed by atoms with Gasteiger partial charge in [-0.15, -0.1) is 0 Å². The fraction of sp³-hybridized carbons (Fsp3) is 0.588. The standard InChI is InChI=1S/C17H26N2O2/c1-4-18-17(15(20)21,14-9-6-5-7-10-14)13-19-12-8-11-16(19,2)3/h5-7,9-10,18H,4,8,11-13H2,1-3H3,(H,20,21). The Kier molecular flexibility index (Phi) is 4.69. The lowest BCUT2D eigenvalue weighted by Gasteiger charge is -2.40. The van der Waals surface area contributed by atoms with Crippen molar-refractivity contribution in [2.24, 2.45) is 0 Å². The van der Waals surface area contributed by atoms with Crippen molar-refractivity contribution in [1.29, 1.82) is 0 Å². The van der Waals surface area contributed by atoms with Gasteiger partial charge in [-0.05, 0) is 45.3 Å². The average molecular weight is 290 g/mol. The Morgan fingerprint density at radius 2 is 2.05 bits per heavy atom. The van der Waals surface area contributed by atoms with E-state index in [1.807, 2.05) is 37.3 Å². The van der Waals surface area contributed by atoms with Crippen LogP contribution in [0.3, 0.4) is 0 Å². The number of benzene rings is 1. The van der Waals surface area contributed by atoms with E-state index in [0.717, 1.165) is 24.9 Å². The minimum absolute atomic E-state index is 0.0604. The van der Waals surface area contributed by atoms with Crippen LogP contribution in [0.4, 0.5) is 0 Å². The molecule has 0 amide bonds. The zero-order valence-corrected chi connectivity index (χ0v) is 13.2. The maximum atomic E-state index is 12.1. The number of likely N-dealkylation sites (N-methyl/N-ethyl adjacent to an activating group) is 1. The Balaban J connectivity index is 2.38. The predicted octanol–water partition coefficient (Wildman–Crippen LogP) is 2.45. The highest BCUT2D eigenvalue weighted by Gasteiger charge is 2.45. The van der Waals surface area contributed by atoms with E-state index in [1.165, 1.54) is 0 Å². The molecule has 0 bridgehead atoms. The van der Waals surface area contributed by atoms with E-state index in [2.05, 4.69) is 24.1 Å². The van der Waals surface area contributed by atoms with Gasteiger partial charge >= 0.3 is 5.97 Å². The first-order chi connectivity index (χ1) is 9.92. The third kappa shape index (κ3) is 3.11. The molecule has 1 aromatic rings. The molecule has 1 aromatic carbocycles. The first-order valence-corrected chi connectivity index (χ1v) is 7.71. The van der Waals surface area contributed by atoms with Crippen molar-refractivity contribution in [3.8, 4) is 0 Å². The molecule has 2 rings (SSSR count). The molecule has 1 aliphatic heterocycles. The Morgan fingerprint density at radius 1 is 1.38 bits per heavy atom. The highest BCUT2D eigenvalue weighted by Crippen LogP contribution is 2.33. The molecule has 2 N–H and O–H groups in total. The van der Waals surface area contributed by atoms with E-state index in [1.54, 1.807) is 0 Å². The second kappa shape index (κ2) is 6.16. The van der Waals surface area contributed by atoms with Crippen molar-refractivity contribution in [1.82, 2.24) is 10.2 Å². The van der Waals surface area contributed by atoms with Crippen LogP contribution in [-0.4, -0.2) is 41.1 Å². The molecule has 1 unspecified atom stereocenters. The lowest BCUT2D eigenvalue weighted by atomic mass is 9.87. The van der Waals surface area contributed by atoms with Gasteiger partial charge in [0.05, 0.1) is 0 Å². The summed E-state index contributed by atoms with van der Waals surface area (Å²) in [5.74, 6) is -0.807. The first-order valence-electron chi connectivity index (χ1n) is 7.71. The van der Waals surface area contributed by atoms with Gasteiger partial charge in [-0.25, -0.2) is 4.79 Å². The Morgan fingerprint density at radius 3 is 2.52 bits per heavy atom. The van der Waals surface area contributed by atoms with Crippen LogP contribution in [0.25, 0.3) is 0 Å². The van der Waals surface area contributed by atoms with Gasteiger partial charge in [0, 0.05) is 12.1 Å². The number of carbonyl (C=O) groups is 1. The summed E-state index contributed by atoms with van der Waals surface area (Å²) in [5, 5.41) is 13.2. The number of likely N-dealkylation sites (tertiary alicyclic amines) is 1. The summed E-state index contributed by atoms with van der Waals surface area (Å²) < 4.78 is 0. The molecule has 0 aliphatic carbocycles. The maximum absolute atomic E-state index is 12.1. The van der Waals surface area contributed by atoms with Crippen LogP contribution < -0.4 is 5.32 Å². The molecule has 0 aromatic heterocycles. The molecule has 0 saturated carbocycles.